The third-order valence-electron chi connectivity index (χ3n) is 4.47. The lowest BCUT2D eigenvalue weighted by Crippen LogP contribution is -2.39. The van der Waals surface area contributed by atoms with Crippen LogP contribution in [-0.2, 0) is 9.53 Å². The summed E-state index contributed by atoms with van der Waals surface area (Å²) in [7, 11) is 0. The Bertz CT molecular complexity index is 308. The summed E-state index contributed by atoms with van der Waals surface area (Å²) >= 11 is 0. The molecule has 2 aliphatic carbocycles. The Kier molecular flexibility index (Phi) is 3.90. The van der Waals surface area contributed by atoms with Crippen molar-refractivity contribution < 1.29 is 9.53 Å². The SMILES string of the molecule is CCOC(=O)[C@H]1[C@@H]2CC[C@@H](C)C[C@@H]2C=C[C@@H]1C. The zero-order valence-electron chi connectivity index (χ0n) is 11.2. The van der Waals surface area contributed by atoms with E-state index < -0.39 is 0 Å². The van der Waals surface area contributed by atoms with Crippen LogP contribution in [0.25, 0.3) is 0 Å². The second-order valence-corrected chi connectivity index (χ2v) is 5.77. The molecule has 0 aromatic carbocycles. The van der Waals surface area contributed by atoms with Crippen LogP contribution in [0.4, 0.5) is 0 Å². The number of ether oxygens (including phenoxy) is 1. The summed E-state index contributed by atoms with van der Waals surface area (Å²) in [6, 6.07) is 0. The molecule has 0 heterocycles. The smallest absolute Gasteiger partial charge is 0.309 e. The molecule has 0 aliphatic heterocycles. The van der Waals surface area contributed by atoms with Crippen LogP contribution in [0, 0.1) is 29.6 Å². The highest BCUT2D eigenvalue weighted by Crippen LogP contribution is 2.44. The number of hydrogen-bond donors (Lipinski definition) is 0. The van der Waals surface area contributed by atoms with Crippen LogP contribution >= 0.6 is 0 Å². The number of fused-ring (bicyclic) bond motifs is 1. The summed E-state index contributed by atoms with van der Waals surface area (Å²) in [6.45, 7) is 6.86. The highest BCUT2D eigenvalue weighted by molar-refractivity contribution is 5.73. The van der Waals surface area contributed by atoms with E-state index in [4.69, 9.17) is 4.74 Å². The average Bonchev–Trinajstić information content (AvgIpc) is 2.29. The molecule has 17 heavy (non-hydrogen) atoms. The molecule has 2 rings (SSSR count). The number of hydrogen-bond acceptors (Lipinski definition) is 2. The van der Waals surface area contributed by atoms with Gasteiger partial charge in [-0.25, -0.2) is 0 Å². The van der Waals surface area contributed by atoms with E-state index >= 15 is 0 Å². The Hall–Kier alpha value is -0.790. The fourth-order valence-electron chi connectivity index (χ4n) is 3.57. The fourth-order valence-corrected chi connectivity index (χ4v) is 3.57. The predicted octanol–water partition coefficient (Wildman–Crippen LogP) is 3.42. The Labute approximate surface area is 104 Å². The van der Waals surface area contributed by atoms with Crippen LogP contribution in [-0.4, -0.2) is 12.6 Å². The molecule has 0 bridgehead atoms. The monoisotopic (exact) mass is 236 g/mol. The van der Waals surface area contributed by atoms with Gasteiger partial charge in [0.15, 0.2) is 0 Å². The molecule has 0 aromatic rings. The average molecular weight is 236 g/mol. The molecule has 0 unspecified atom stereocenters. The molecule has 0 amide bonds. The van der Waals surface area contributed by atoms with Crippen molar-refractivity contribution in [3.05, 3.63) is 12.2 Å². The van der Waals surface area contributed by atoms with Crippen molar-refractivity contribution in [2.45, 2.75) is 40.0 Å². The first-order chi connectivity index (χ1) is 8.13. The maximum atomic E-state index is 12.1. The Balaban J connectivity index is 2.14. The topological polar surface area (TPSA) is 26.3 Å². The Morgan fingerprint density at radius 1 is 1.29 bits per heavy atom. The molecule has 0 aromatic heterocycles. The molecule has 0 spiro atoms. The molecule has 2 aliphatic rings. The standard InChI is InChI=1S/C15H24O2/c1-4-17-15(16)14-11(3)6-7-12-9-10(2)5-8-13(12)14/h6-7,10-14H,4-5,8-9H2,1-3H3/t10-,11+,12+,13-,14-/m1/s1. The second kappa shape index (κ2) is 5.24. The van der Waals surface area contributed by atoms with Crippen LogP contribution in [0.5, 0.6) is 0 Å². The number of rotatable bonds is 2. The van der Waals surface area contributed by atoms with Crippen LogP contribution in [0.1, 0.15) is 40.0 Å². The lowest BCUT2D eigenvalue weighted by atomic mass is 9.63. The third-order valence-corrected chi connectivity index (χ3v) is 4.47. The van der Waals surface area contributed by atoms with Crippen LogP contribution < -0.4 is 0 Å². The molecular formula is C15H24O2. The molecule has 0 N–H and O–H groups in total. The van der Waals surface area contributed by atoms with E-state index in [1.54, 1.807) is 0 Å². The van der Waals surface area contributed by atoms with Gasteiger partial charge in [0.1, 0.15) is 0 Å². The first kappa shape index (κ1) is 12.7. The molecule has 96 valence electrons. The number of esters is 1. The zero-order valence-corrected chi connectivity index (χ0v) is 11.2. The molecule has 0 radical (unpaired) electrons. The summed E-state index contributed by atoms with van der Waals surface area (Å²) < 4.78 is 5.25. The summed E-state index contributed by atoms with van der Waals surface area (Å²) in [4.78, 5) is 12.1. The van der Waals surface area contributed by atoms with Crippen LogP contribution in [0.3, 0.4) is 0 Å². The first-order valence-electron chi connectivity index (χ1n) is 6.98. The van der Waals surface area contributed by atoms with Gasteiger partial charge in [0, 0.05) is 0 Å². The van der Waals surface area contributed by atoms with E-state index in [1.165, 1.54) is 19.3 Å². The van der Waals surface area contributed by atoms with Gasteiger partial charge in [-0.2, -0.15) is 0 Å². The van der Waals surface area contributed by atoms with Crippen molar-refractivity contribution in [3.63, 3.8) is 0 Å². The molecule has 2 nitrogen and oxygen atoms in total. The first-order valence-corrected chi connectivity index (χ1v) is 6.98. The molecule has 0 saturated heterocycles. The predicted molar refractivity (Wildman–Crippen MR) is 68.4 cm³/mol. The quantitative estimate of drug-likeness (QED) is 0.542. The van der Waals surface area contributed by atoms with E-state index in [0.717, 1.165) is 5.92 Å². The van der Waals surface area contributed by atoms with Gasteiger partial charge in [0.05, 0.1) is 12.5 Å². The summed E-state index contributed by atoms with van der Waals surface area (Å²) in [5, 5.41) is 0. The van der Waals surface area contributed by atoms with Gasteiger partial charge >= 0.3 is 5.97 Å². The maximum Gasteiger partial charge on any atom is 0.309 e. The summed E-state index contributed by atoms with van der Waals surface area (Å²) in [6.07, 6.45) is 8.26. The summed E-state index contributed by atoms with van der Waals surface area (Å²) in [5.41, 5.74) is 0. The normalized spacial score (nSPS) is 40.8. The van der Waals surface area contributed by atoms with E-state index in [-0.39, 0.29) is 11.9 Å². The zero-order chi connectivity index (χ0) is 12.4. The van der Waals surface area contributed by atoms with Crippen LogP contribution in [0.2, 0.25) is 0 Å². The number of allylic oxidation sites excluding steroid dienone is 2. The van der Waals surface area contributed by atoms with E-state index in [2.05, 4.69) is 26.0 Å². The Morgan fingerprint density at radius 2 is 2.06 bits per heavy atom. The molecule has 5 atom stereocenters. The third kappa shape index (κ3) is 2.56. The van der Waals surface area contributed by atoms with E-state index in [0.29, 0.717) is 24.4 Å². The maximum absolute atomic E-state index is 12.1. The van der Waals surface area contributed by atoms with E-state index in [9.17, 15) is 4.79 Å². The second-order valence-electron chi connectivity index (χ2n) is 5.77. The lowest BCUT2D eigenvalue weighted by molar-refractivity contribution is -0.153. The van der Waals surface area contributed by atoms with Crippen molar-refractivity contribution in [2.75, 3.05) is 6.61 Å². The lowest BCUT2D eigenvalue weighted by Gasteiger charge is -2.41. The fraction of sp³-hybridized carbons (Fsp3) is 0.800. The molecule has 1 saturated carbocycles. The highest BCUT2D eigenvalue weighted by Gasteiger charge is 2.41. The molecule has 2 heteroatoms. The van der Waals surface area contributed by atoms with Crippen molar-refractivity contribution in [1.82, 2.24) is 0 Å². The van der Waals surface area contributed by atoms with Gasteiger partial charge in [-0.1, -0.05) is 32.4 Å². The molecular weight excluding hydrogens is 212 g/mol. The van der Waals surface area contributed by atoms with Crippen molar-refractivity contribution in [3.8, 4) is 0 Å². The van der Waals surface area contributed by atoms with Gasteiger partial charge < -0.3 is 4.74 Å². The minimum absolute atomic E-state index is 0.0221. The van der Waals surface area contributed by atoms with Crippen molar-refractivity contribution in [2.24, 2.45) is 29.6 Å². The van der Waals surface area contributed by atoms with Gasteiger partial charge in [-0.15, -0.1) is 0 Å². The minimum Gasteiger partial charge on any atom is -0.466 e. The van der Waals surface area contributed by atoms with Gasteiger partial charge in [-0.05, 0) is 43.4 Å². The largest absolute Gasteiger partial charge is 0.466 e. The van der Waals surface area contributed by atoms with Gasteiger partial charge in [0.2, 0.25) is 0 Å². The van der Waals surface area contributed by atoms with Gasteiger partial charge in [0.25, 0.3) is 0 Å². The number of carbonyl (C=O) groups is 1. The summed E-state index contributed by atoms with van der Waals surface area (Å²) in [5.74, 6) is 2.38. The van der Waals surface area contributed by atoms with Crippen LogP contribution in [0.15, 0.2) is 12.2 Å². The Morgan fingerprint density at radius 3 is 2.76 bits per heavy atom. The minimum atomic E-state index is 0.0221. The van der Waals surface area contributed by atoms with Gasteiger partial charge in [-0.3, -0.25) is 4.79 Å². The number of carbonyl (C=O) groups excluding carboxylic acids is 1. The highest BCUT2D eigenvalue weighted by atomic mass is 16.5. The van der Waals surface area contributed by atoms with Crippen molar-refractivity contribution in [1.29, 1.82) is 0 Å². The van der Waals surface area contributed by atoms with Crippen molar-refractivity contribution >= 4 is 5.97 Å². The van der Waals surface area contributed by atoms with E-state index in [1.807, 2.05) is 6.92 Å². The molecule has 1 fully saturated rings.